The number of rotatable bonds is 6. The lowest BCUT2D eigenvalue weighted by Crippen LogP contribution is -2.29. The largest absolute Gasteiger partial charge is 0.399 e. The number of nitrogen functional groups attached to an aromatic ring is 1. The fourth-order valence-electron chi connectivity index (χ4n) is 1.85. The maximum atomic E-state index is 11.5. The van der Waals surface area contributed by atoms with Crippen LogP contribution in [0.3, 0.4) is 0 Å². The van der Waals surface area contributed by atoms with E-state index in [0.29, 0.717) is 24.6 Å². The summed E-state index contributed by atoms with van der Waals surface area (Å²) in [5.41, 5.74) is 7.21. The maximum Gasteiger partial charge on any atom is 0.213 e. The highest BCUT2D eigenvalue weighted by atomic mass is 32.2. The Balaban J connectivity index is 2.02. The molecule has 6 nitrogen and oxygen atoms in total. The summed E-state index contributed by atoms with van der Waals surface area (Å²) < 4.78 is 25.4. The lowest BCUT2D eigenvalue weighted by atomic mass is 10.2. The van der Waals surface area contributed by atoms with Gasteiger partial charge < -0.3 is 11.1 Å². The Morgan fingerprint density at radius 3 is 2.80 bits per heavy atom. The second kappa shape index (κ2) is 6.06. The van der Waals surface area contributed by atoms with E-state index in [9.17, 15) is 8.42 Å². The molecule has 0 aliphatic heterocycles. The number of fused-ring (bicyclic) bond motifs is 1. The average Bonchev–Trinajstić information content (AvgIpc) is 2.38. The van der Waals surface area contributed by atoms with E-state index in [2.05, 4.69) is 15.0 Å². The van der Waals surface area contributed by atoms with E-state index in [4.69, 9.17) is 5.73 Å². The number of hydrogen-bond acceptors (Lipinski definition) is 5. The lowest BCUT2D eigenvalue weighted by Gasteiger charge is -2.08. The summed E-state index contributed by atoms with van der Waals surface area (Å²) in [6, 6.07) is 9.18. The van der Waals surface area contributed by atoms with Crippen molar-refractivity contribution in [3.8, 4) is 0 Å². The molecule has 0 bridgehead atoms. The predicted octanol–water partition coefficient (Wildman–Crippen LogP) is 1.17. The van der Waals surface area contributed by atoms with Gasteiger partial charge in [-0.15, -0.1) is 0 Å². The van der Waals surface area contributed by atoms with Gasteiger partial charge in [0, 0.05) is 24.2 Å². The second-order valence-corrected chi connectivity index (χ2v) is 6.32. The average molecular weight is 294 g/mol. The van der Waals surface area contributed by atoms with Crippen LogP contribution >= 0.6 is 0 Å². The van der Waals surface area contributed by atoms with Crippen LogP contribution in [0.1, 0.15) is 6.92 Å². The van der Waals surface area contributed by atoms with Gasteiger partial charge in [-0.25, -0.2) is 18.1 Å². The standard InChI is InChI=1S/C13H18N4O2S/c1-2-16-20(18,19)8-7-15-13-6-3-10-9-11(14)4-5-12(10)17-13/h3-6,9,16H,2,7-8,14H2,1H3,(H,15,17). The van der Waals surface area contributed by atoms with Gasteiger partial charge in [-0.2, -0.15) is 0 Å². The first-order valence-electron chi connectivity index (χ1n) is 6.37. The van der Waals surface area contributed by atoms with Crippen LogP contribution in [0, 0.1) is 0 Å². The third-order valence-electron chi connectivity index (χ3n) is 2.75. The molecule has 1 aromatic heterocycles. The van der Waals surface area contributed by atoms with E-state index < -0.39 is 10.0 Å². The molecule has 0 spiro atoms. The van der Waals surface area contributed by atoms with E-state index in [1.54, 1.807) is 13.0 Å². The van der Waals surface area contributed by atoms with E-state index in [1.807, 2.05) is 24.3 Å². The van der Waals surface area contributed by atoms with Crippen molar-refractivity contribution in [3.05, 3.63) is 30.3 Å². The normalized spacial score (nSPS) is 11.7. The van der Waals surface area contributed by atoms with Gasteiger partial charge in [-0.3, -0.25) is 0 Å². The zero-order valence-electron chi connectivity index (χ0n) is 11.3. The highest BCUT2D eigenvalue weighted by molar-refractivity contribution is 7.89. The maximum absolute atomic E-state index is 11.5. The molecule has 4 N–H and O–H groups in total. The van der Waals surface area contributed by atoms with Crippen LogP contribution in [-0.4, -0.2) is 32.2 Å². The lowest BCUT2D eigenvalue weighted by molar-refractivity contribution is 0.584. The molecule has 0 aliphatic carbocycles. The van der Waals surface area contributed by atoms with Crippen molar-refractivity contribution < 1.29 is 8.42 Å². The van der Waals surface area contributed by atoms with Crippen molar-refractivity contribution in [2.45, 2.75) is 6.92 Å². The van der Waals surface area contributed by atoms with Crippen molar-refractivity contribution in [3.63, 3.8) is 0 Å². The van der Waals surface area contributed by atoms with Crippen molar-refractivity contribution in [2.75, 3.05) is 29.9 Å². The molecule has 7 heteroatoms. The van der Waals surface area contributed by atoms with Crippen LogP contribution in [0.5, 0.6) is 0 Å². The van der Waals surface area contributed by atoms with Crippen LogP contribution in [-0.2, 0) is 10.0 Å². The highest BCUT2D eigenvalue weighted by Gasteiger charge is 2.07. The molecule has 2 aromatic rings. The van der Waals surface area contributed by atoms with E-state index in [1.165, 1.54) is 0 Å². The summed E-state index contributed by atoms with van der Waals surface area (Å²) >= 11 is 0. The molecule has 1 aromatic carbocycles. The Hall–Kier alpha value is -1.86. The molecular formula is C13H18N4O2S. The van der Waals surface area contributed by atoms with E-state index >= 15 is 0 Å². The molecule has 0 saturated heterocycles. The molecule has 108 valence electrons. The van der Waals surface area contributed by atoms with Gasteiger partial charge >= 0.3 is 0 Å². The van der Waals surface area contributed by atoms with Gasteiger partial charge in [-0.1, -0.05) is 6.92 Å². The summed E-state index contributed by atoms with van der Waals surface area (Å²) in [7, 11) is -3.21. The number of hydrogen-bond donors (Lipinski definition) is 3. The molecule has 0 atom stereocenters. The summed E-state index contributed by atoms with van der Waals surface area (Å²) in [4.78, 5) is 4.40. The van der Waals surface area contributed by atoms with Crippen LogP contribution < -0.4 is 15.8 Å². The first-order valence-corrected chi connectivity index (χ1v) is 8.03. The third kappa shape index (κ3) is 3.82. The number of anilines is 2. The topological polar surface area (TPSA) is 97.1 Å². The fourth-order valence-corrected chi connectivity index (χ4v) is 2.80. The second-order valence-electron chi connectivity index (χ2n) is 4.39. The Bertz CT molecular complexity index is 701. The summed E-state index contributed by atoms with van der Waals surface area (Å²) in [6.07, 6.45) is 0. The van der Waals surface area contributed by atoms with Gasteiger partial charge in [0.25, 0.3) is 0 Å². The zero-order chi connectivity index (χ0) is 14.6. The van der Waals surface area contributed by atoms with E-state index in [-0.39, 0.29) is 5.75 Å². The van der Waals surface area contributed by atoms with Crippen LogP contribution in [0.2, 0.25) is 0 Å². The number of pyridine rings is 1. The van der Waals surface area contributed by atoms with Crippen molar-refractivity contribution in [1.82, 2.24) is 9.71 Å². The van der Waals surface area contributed by atoms with Crippen molar-refractivity contribution >= 4 is 32.4 Å². The Morgan fingerprint density at radius 1 is 1.25 bits per heavy atom. The number of nitrogens with one attached hydrogen (secondary N) is 2. The molecule has 0 aliphatic rings. The molecule has 0 fully saturated rings. The SMILES string of the molecule is CCNS(=O)(=O)CCNc1ccc2cc(N)ccc2n1. The zero-order valence-corrected chi connectivity index (χ0v) is 12.1. The minimum atomic E-state index is -3.21. The summed E-state index contributed by atoms with van der Waals surface area (Å²) in [6.45, 7) is 2.46. The first kappa shape index (κ1) is 14.5. The van der Waals surface area contributed by atoms with Gasteiger partial charge in [-0.05, 0) is 30.3 Å². The van der Waals surface area contributed by atoms with Crippen LogP contribution in [0.15, 0.2) is 30.3 Å². The van der Waals surface area contributed by atoms with Gasteiger partial charge in [0.15, 0.2) is 0 Å². The van der Waals surface area contributed by atoms with Crippen molar-refractivity contribution in [2.24, 2.45) is 0 Å². The molecular weight excluding hydrogens is 276 g/mol. The number of nitrogens with two attached hydrogens (primary N) is 1. The minimum absolute atomic E-state index is 0.0162. The molecule has 20 heavy (non-hydrogen) atoms. The number of benzene rings is 1. The van der Waals surface area contributed by atoms with E-state index in [0.717, 1.165) is 10.9 Å². The van der Waals surface area contributed by atoms with Crippen LogP contribution in [0.25, 0.3) is 10.9 Å². The molecule has 0 unspecified atom stereocenters. The third-order valence-corrected chi connectivity index (χ3v) is 4.22. The Labute approximate surface area is 118 Å². The minimum Gasteiger partial charge on any atom is -0.399 e. The summed E-state index contributed by atoms with van der Waals surface area (Å²) in [5.74, 6) is 0.663. The van der Waals surface area contributed by atoms with Crippen LogP contribution in [0.4, 0.5) is 11.5 Å². The smallest absolute Gasteiger partial charge is 0.213 e. The van der Waals surface area contributed by atoms with Gasteiger partial charge in [0.1, 0.15) is 5.82 Å². The number of sulfonamides is 1. The number of aromatic nitrogens is 1. The number of nitrogens with zero attached hydrogens (tertiary/aromatic N) is 1. The molecule has 0 radical (unpaired) electrons. The molecule has 2 rings (SSSR count). The van der Waals surface area contributed by atoms with Gasteiger partial charge in [0.2, 0.25) is 10.0 Å². The molecule has 1 heterocycles. The van der Waals surface area contributed by atoms with Crippen molar-refractivity contribution in [1.29, 1.82) is 0 Å². The highest BCUT2D eigenvalue weighted by Crippen LogP contribution is 2.17. The fraction of sp³-hybridized carbons (Fsp3) is 0.308. The Kier molecular flexibility index (Phi) is 4.41. The Morgan fingerprint density at radius 2 is 2.05 bits per heavy atom. The molecule has 0 saturated carbocycles. The predicted molar refractivity (Wildman–Crippen MR) is 82.1 cm³/mol. The monoisotopic (exact) mass is 294 g/mol. The van der Waals surface area contributed by atoms with Gasteiger partial charge in [0.05, 0.1) is 11.3 Å². The quantitative estimate of drug-likeness (QED) is 0.695. The first-order chi connectivity index (χ1) is 9.50. The summed E-state index contributed by atoms with van der Waals surface area (Å²) in [5, 5.41) is 3.96. The molecule has 0 amide bonds.